The molecule has 2 amide bonds. The average Bonchev–Trinajstić information content (AvgIpc) is 3.45. The number of carbonyl (C=O) groups excluding carboxylic acids is 3. The Kier molecular flexibility index (Phi) is 11.1. The maximum Gasteiger partial charge on any atom is 0.241 e. The maximum absolute atomic E-state index is 13.8. The van der Waals surface area contributed by atoms with Crippen LogP contribution in [0.15, 0.2) is 66.7 Å². The van der Waals surface area contributed by atoms with Crippen LogP contribution in [0.5, 0.6) is 34.5 Å². The summed E-state index contributed by atoms with van der Waals surface area (Å²) in [4.78, 5) is 40.0. The van der Waals surface area contributed by atoms with Gasteiger partial charge in [0.05, 0.1) is 19.0 Å². The predicted molar refractivity (Wildman–Crippen MR) is 193 cm³/mol. The molecule has 256 valence electrons. The predicted octanol–water partition coefficient (Wildman–Crippen LogP) is 3.28. The molecule has 1 aliphatic rings. The number of aromatic hydroxyl groups is 4. The molecular formula is C37H35BN2O9S. The largest absolute Gasteiger partial charge is 0.505 e. The van der Waals surface area contributed by atoms with Crippen LogP contribution in [0.4, 0.5) is 5.69 Å². The van der Waals surface area contributed by atoms with Gasteiger partial charge in [-0.2, -0.15) is 0 Å². The van der Waals surface area contributed by atoms with Gasteiger partial charge in [-0.05, 0) is 60.9 Å². The van der Waals surface area contributed by atoms with Gasteiger partial charge in [-0.25, -0.2) is 0 Å². The SMILES string of the molecule is Bc1c(O)c(O)c(C#Cc2ccc([C@@H]3S[C@H](CC(=O)NCCc4ccc(OC)c(OCC)c4)C(=O)N3c3cccc(C=O)c3)cc2)c(O)c1O. The van der Waals surface area contributed by atoms with Crippen LogP contribution in [0, 0.1) is 11.8 Å². The summed E-state index contributed by atoms with van der Waals surface area (Å²) in [5.41, 5.74) is 2.68. The van der Waals surface area contributed by atoms with Crippen LogP contribution in [-0.4, -0.2) is 71.9 Å². The summed E-state index contributed by atoms with van der Waals surface area (Å²) in [6, 6.07) is 19.2. The highest BCUT2D eigenvalue weighted by Crippen LogP contribution is 2.47. The number of aldehydes is 1. The van der Waals surface area contributed by atoms with E-state index in [9.17, 15) is 34.8 Å². The number of amides is 2. The number of thioether (sulfide) groups is 1. The van der Waals surface area contributed by atoms with Crippen molar-refractivity contribution in [2.45, 2.75) is 30.4 Å². The van der Waals surface area contributed by atoms with Crippen LogP contribution >= 0.6 is 11.8 Å². The zero-order valence-corrected chi connectivity index (χ0v) is 28.4. The third-order valence-corrected chi connectivity index (χ3v) is 9.56. The summed E-state index contributed by atoms with van der Waals surface area (Å²) in [5, 5.41) is 42.3. The Morgan fingerprint density at radius 3 is 2.36 bits per heavy atom. The quantitative estimate of drug-likeness (QED) is 0.0517. The first-order valence-electron chi connectivity index (χ1n) is 15.7. The fourth-order valence-electron chi connectivity index (χ4n) is 5.45. The molecule has 0 unspecified atom stereocenters. The Hall–Kier alpha value is -5.74. The topological polar surface area (TPSA) is 166 Å². The summed E-state index contributed by atoms with van der Waals surface area (Å²) in [6.07, 6.45) is 1.20. The van der Waals surface area contributed by atoms with Gasteiger partial charge in [0.1, 0.15) is 25.1 Å². The normalized spacial score (nSPS) is 15.2. The molecule has 5 rings (SSSR count). The first-order chi connectivity index (χ1) is 24.1. The molecule has 0 spiro atoms. The van der Waals surface area contributed by atoms with E-state index in [1.807, 2.05) is 25.1 Å². The van der Waals surface area contributed by atoms with Crippen LogP contribution in [0.3, 0.4) is 0 Å². The molecule has 0 radical (unpaired) electrons. The highest BCUT2D eigenvalue weighted by molar-refractivity contribution is 8.01. The fourth-order valence-corrected chi connectivity index (χ4v) is 6.90. The number of hydrogen-bond donors (Lipinski definition) is 5. The molecule has 5 N–H and O–H groups in total. The van der Waals surface area contributed by atoms with Gasteiger partial charge in [0.15, 0.2) is 34.5 Å². The molecule has 1 heterocycles. The molecule has 1 saturated heterocycles. The second-order valence-electron chi connectivity index (χ2n) is 11.4. The molecule has 4 aromatic carbocycles. The van der Waals surface area contributed by atoms with Crippen molar-refractivity contribution in [3.8, 4) is 46.3 Å². The van der Waals surface area contributed by atoms with Gasteiger partial charge in [0.2, 0.25) is 11.8 Å². The first kappa shape index (κ1) is 35.6. The van der Waals surface area contributed by atoms with Crippen molar-refractivity contribution >= 4 is 48.9 Å². The van der Waals surface area contributed by atoms with E-state index in [4.69, 9.17) is 9.47 Å². The number of benzene rings is 4. The second kappa shape index (κ2) is 15.7. The van der Waals surface area contributed by atoms with Gasteiger partial charge in [-0.3, -0.25) is 19.3 Å². The number of phenols is 4. The Labute approximate surface area is 294 Å². The molecule has 4 aromatic rings. The van der Waals surface area contributed by atoms with Crippen molar-refractivity contribution in [1.29, 1.82) is 0 Å². The van der Waals surface area contributed by atoms with E-state index < -0.39 is 33.6 Å². The average molecular weight is 695 g/mol. The standard InChI is InChI=1S/C37H35BN2O9S/c1-3-49-28-18-22(10-14-27(28)48-2)15-16-39-30(42)19-29-36(47)40(25-6-4-5-23(17-25)20-41)37(50-29)24-11-7-21(8-12-24)9-13-26-32(43)34(45)31(38)35(46)33(26)44/h4-8,10-12,14,17-18,20,29,37,43-46H,3,15-16,19,38H2,1-2H3,(H,39,42)/t29-,37+/m1/s1. The molecule has 0 bridgehead atoms. The van der Waals surface area contributed by atoms with Gasteiger partial charge >= 0.3 is 0 Å². The van der Waals surface area contributed by atoms with Crippen LogP contribution in [0.25, 0.3) is 0 Å². The molecule has 1 fully saturated rings. The van der Waals surface area contributed by atoms with E-state index in [0.29, 0.717) is 54.2 Å². The molecule has 1 aliphatic heterocycles. The van der Waals surface area contributed by atoms with Crippen LogP contribution in [-0.2, 0) is 16.0 Å². The number of nitrogens with one attached hydrogen (secondary N) is 1. The van der Waals surface area contributed by atoms with Gasteiger partial charge < -0.3 is 35.2 Å². The number of nitrogens with zero attached hydrogens (tertiary/aromatic N) is 1. The lowest BCUT2D eigenvalue weighted by Gasteiger charge is -2.24. The monoisotopic (exact) mass is 694 g/mol. The molecule has 0 saturated carbocycles. The second-order valence-corrected chi connectivity index (χ2v) is 12.7. The lowest BCUT2D eigenvalue weighted by atomic mass is 9.91. The third kappa shape index (κ3) is 7.61. The number of anilines is 1. The van der Waals surface area contributed by atoms with Crippen molar-refractivity contribution in [1.82, 2.24) is 5.32 Å². The molecule has 0 aliphatic carbocycles. The molecular weight excluding hydrogens is 659 g/mol. The minimum atomic E-state index is -0.697. The third-order valence-electron chi connectivity index (χ3n) is 8.12. The van der Waals surface area contributed by atoms with Gasteiger partial charge in [-0.15, -0.1) is 11.8 Å². The van der Waals surface area contributed by atoms with Crippen LogP contribution in [0.2, 0.25) is 0 Å². The molecule has 11 nitrogen and oxygen atoms in total. The smallest absolute Gasteiger partial charge is 0.241 e. The molecule has 50 heavy (non-hydrogen) atoms. The number of carbonyl (C=O) groups is 3. The Morgan fingerprint density at radius 2 is 1.70 bits per heavy atom. The van der Waals surface area contributed by atoms with Crippen LogP contribution in [0.1, 0.15) is 51.3 Å². The minimum Gasteiger partial charge on any atom is -0.505 e. The minimum absolute atomic E-state index is 0.0521. The lowest BCUT2D eigenvalue weighted by molar-refractivity contribution is -0.124. The summed E-state index contributed by atoms with van der Waals surface area (Å²) >= 11 is 1.32. The molecule has 0 aromatic heterocycles. The number of ether oxygens (including phenoxy) is 2. The van der Waals surface area contributed by atoms with E-state index >= 15 is 0 Å². The Bertz CT molecular complexity index is 1960. The van der Waals surface area contributed by atoms with Crippen molar-refractivity contribution in [3.63, 3.8) is 0 Å². The summed E-state index contributed by atoms with van der Waals surface area (Å²) in [7, 11) is 2.91. The Balaban J connectivity index is 1.32. The zero-order valence-electron chi connectivity index (χ0n) is 27.6. The van der Waals surface area contributed by atoms with Crippen molar-refractivity contribution in [2.75, 3.05) is 25.2 Å². The fraction of sp³-hybridized carbons (Fsp3) is 0.216. The lowest BCUT2D eigenvalue weighted by Crippen LogP contribution is -2.34. The summed E-state index contributed by atoms with van der Waals surface area (Å²) in [6.45, 7) is 2.73. The van der Waals surface area contributed by atoms with E-state index in [1.54, 1.807) is 60.5 Å². The van der Waals surface area contributed by atoms with Crippen LogP contribution < -0.4 is 25.2 Å². The number of rotatable bonds is 11. The van der Waals surface area contributed by atoms with Crippen molar-refractivity contribution in [3.05, 3.63) is 94.5 Å². The van der Waals surface area contributed by atoms with E-state index in [0.717, 1.165) is 11.1 Å². The molecule has 2 atom stereocenters. The highest BCUT2D eigenvalue weighted by atomic mass is 32.2. The zero-order chi connectivity index (χ0) is 35.9. The van der Waals surface area contributed by atoms with Gasteiger partial charge in [-0.1, -0.05) is 42.2 Å². The first-order valence-corrected chi connectivity index (χ1v) is 16.7. The van der Waals surface area contributed by atoms with Crippen molar-refractivity contribution < 1.29 is 44.3 Å². The number of hydrogen-bond acceptors (Lipinski definition) is 10. The highest BCUT2D eigenvalue weighted by Gasteiger charge is 2.42. The van der Waals surface area contributed by atoms with E-state index in [1.165, 1.54) is 19.6 Å². The van der Waals surface area contributed by atoms with E-state index in [-0.39, 0.29) is 29.3 Å². The summed E-state index contributed by atoms with van der Waals surface area (Å²) in [5.74, 6) is 3.62. The van der Waals surface area contributed by atoms with Gasteiger partial charge in [0.25, 0.3) is 0 Å². The van der Waals surface area contributed by atoms with Crippen molar-refractivity contribution in [2.24, 2.45) is 0 Å². The maximum atomic E-state index is 13.8. The number of methoxy groups -OCH3 is 1. The van der Waals surface area contributed by atoms with E-state index in [2.05, 4.69) is 17.2 Å². The van der Waals surface area contributed by atoms with Gasteiger partial charge in [0, 0.05) is 35.2 Å². The molecule has 13 heteroatoms. The summed E-state index contributed by atoms with van der Waals surface area (Å²) < 4.78 is 11.0. The number of phenolic OH excluding ortho intramolecular Hbond substituents is 4. The Morgan fingerprint density at radius 1 is 0.980 bits per heavy atom.